The van der Waals surface area contributed by atoms with Crippen molar-refractivity contribution in [2.45, 2.75) is 20.3 Å². The minimum Gasteiger partial charge on any atom is -0.493 e. The van der Waals surface area contributed by atoms with E-state index in [1.165, 1.54) is 0 Å². The van der Waals surface area contributed by atoms with Crippen LogP contribution in [0.25, 0.3) is 0 Å². The van der Waals surface area contributed by atoms with Gasteiger partial charge in [-0.05, 0) is 5.92 Å². The highest BCUT2D eigenvalue weighted by Gasteiger charge is 2.15. The third-order valence-electron chi connectivity index (χ3n) is 1.58. The van der Waals surface area contributed by atoms with Crippen LogP contribution in [0.1, 0.15) is 30.8 Å². The van der Waals surface area contributed by atoms with Crippen molar-refractivity contribution in [3.63, 3.8) is 0 Å². The van der Waals surface area contributed by atoms with Crippen molar-refractivity contribution in [1.82, 2.24) is 9.97 Å². The van der Waals surface area contributed by atoms with E-state index in [1.54, 1.807) is 0 Å². The van der Waals surface area contributed by atoms with E-state index in [1.807, 2.05) is 13.8 Å². The van der Waals surface area contributed by atoms with Gasteiger partial charge in [0.05, 0.1) is 0 Å². The smallest absolute Gasteiger partial charge is 0.326 e. The van der Waals surface area contributed by atoms with Gasteiger partial charge >= 0.3 is 5.69 Å². The summed E-state index contributed by atoms with van der Waals surface area (Å²) in [5.74, 6) is -0.438. The molecule has 0 aliphatic rings. The molecule has 0 spiro atoms. The highest BCUT2D eigenvalue weighted by atomic mass is 16.3. The predicted molar refractivity (Wildman–Crippen MR) is 46.9 cm³/mol. The van der Waals surface area contributed by atoms with Gasteiger partial charge in [0.15, 0.2) is 5.78 Å². The number of hydrogen-bond acceptors (Lipinski definition) is 3. The van der Waals surface area contributed by atoms with E-state index >= 15 is 0 Å². The lowest BCUT2D eigenvalue weighted by Gasteiger charge is -2.00. The molecule has 1 heterocycles. The van der Waals surface area contributed by atoms with Gasteiger partial charge < -0.3 is 5.11 Å². The Bertz CT molecular complexity index is 362. The molecule has 0 unspecified atom stereocenters. The maximum atomic E-state index is 11.3. The number of carbonyl (C=O) groups excluding carboxylic acids is 1. The number of carbonyl (C=O) groups is 1. The summed E-state index contributed by atoms with van der Waals surface area (Å²) >= 11 is 0. The van der Waals surface area contributed by atoms with Crippen LogP contribution in [-0.4, -0.2) is 20.9 Å². The summed E-state index contributed by atoms with van der Waals surface area (Å²) in [6, 6.07) is 0. The van der Waals surface area contributed by atoms with Crippen LogP contribution in [0.5, 0.6) is 5.88 Å². The SMILES string of the molecule is CC(C)CC(=O)c1[nH]c(=O)[nH]c1O. The van der Waals surface area contributed by atoms with E-state index in [2.05, 4.69) is 9.97 Å². The largest absolute Gasteiger partial charge is 0.493 e. The molecule has 0 atom stereocenters. The van der Waals surface area contributed by atoms with E-state index in [-0.39, 0.29) is 23.3 Å². The van der Waals surface area contributed by atoms with Crippen molar-refractivity contribution < 1.29 is 9.90 Å². The number of Topliss-reactive ketones (excluding diaryl/α,β-unsaturated/α-hetero) is 1. The average Bonchev–Trinajstić information content (AvgIpc) is 2.28. The normalized spacial score (nSPS) is 10.7. The Labute approximate surface area is 74.8 Å². The monoisotopic (exact) mass is 184 g/mol. The lowest BCUT2D eigenvalue weighted by atomic mass is 10.1. The van der Waals surface area contributed by atoms with Gasteiger partial charge in [0.25, 0.3) is 0 Å². The van der Waals surface area contributed by atoms with E-state index in [0.29, 0.717) is 6.42 Å². The molecule has 0 aliphatic heterocycles. The molecule has 13 heavy (non-hydrogen) atoms. The second-order valence-corrected chi connectivity index (χ2v) is 3.32. The van der Waals surface area contributed by atoms with Crippen LogP contribution in [0.3, 0.4) is 0 Å². The van der Waals surface area contributed by atoms with Crippen molar-refractivity contribution in [3.05, 3.63) is 16.2 Å². The van der Waals surface area contributed by atoms with Crippen molar-refractivity contribution in [1.29, 1.82) is 0 Å². The predicted octanol–water partition coefficient (Wildman–Crippen LogP) is 0.637. The van der Waals surface area contributed by atoms with Gasteiger partial charge in [-0.3, -0.25) is 14.8 Å². The number of aromatic hydroxyl groups is 1. The van der Waals surface area contributed by atoms with Crippen LogP contribution in [0.2, 0.25) is 0 Å². The quantitative estimate of drug-likeness (QED) is 0.602. The first-order valence-electron chi connectivity index (χ1n) is 4.05. The van der Waals surface area contributed by atoms with Crippen molar-refractivity contribution in [2.24, 2.45) is 5.92 Å². The first-order valence-corrected chi connectivity index (χ1v) is 4.05. The zero-order valence-electron chi connectivity index (χ0n) is 7.55. The lowest BCUT2D eigenvalue weighted by molar-refractivity contribution is 0.0960. The van der Waals surface area contributed by atoms with E-state index in [9.17, 15) is 9.59 Å². The van der Waals surface area contributed by atoms with Gasteiger partial charge in [0.2, 0.25) is 5.88 Å². The summed E-state index contributed by atoms with van der Waals surface area (Å²) in [4.78, 5) is 26.3. The zero-order valence-corrected chi connectivity index (χ0v) is 7.55. The molecule has 0 amide bonds. The van der Waals surface area contributed by atoms with Gasteiger partial charge in [0, 0.05) is 6.42 Å². The third-order valence-corrected chi connectivity index (χ3v) is 1.58. The Morgan fingerprint density at radius 2 is 2.08 bits per heavy atom. The van der Waals surface area contributed by atoms with Crippen molar-refractivity contribution in [3.8, 4) is 5.88 Å². The lowest BCUT2D eigenvalue weighted by Crippen LogP contribution is -2.07. The fraction of sp³-hybridized carbons (Fsp3) is 0.500. The molecule has 1 aromatic rings. The summed E-state index contributed by atoms with van der Waals surface area (Å²) in [6.45, 7) is 3.78. The summed E-state index contributed by atoms with van der Waals surface area (Å²) in [7, 11) is 0. The Hall–Kier alpha value is -1.52. The zero-order chi connectivity index (χ0) is 10.0. The molecule has 0 fully saturated rings. The maximum Gasteiger partial charge on any atom is 0.326 e. The number of imidazole rings is 1. The molecule has 0 aromatic carbocycles. The van der Waals surface area contributed by atoms with Crippen LogP contribution in [0.15, 0.2) is 4.79 Å². The molecule has 0 saturated heterocycles. The number of nitrogens with one attached hydrogen (secondary N) is 2. The molecule has 3 N–H and O–H groups in total. The average molecular weight is 184 g/mol. The van der Waals surface area contributed by atoms with E-state index in [4.69, 9.17) is 5.11 Å². The number of rotatable bonds is 3. The third kappa shape index (κ3) is 2.21. The highest BCUT2D eigenvalue weighted by Crippen LogP contribution is 2.13. The van der Waals surface area contributed by atoms with Crippen LogP contribution in [-0.2, 0) is 0 Å². The first kappa shape index (κ1) is 9.57. The Balaban J connectivity index is 2.89. The van der Waals surface area contributed by atoms with Gasteiger partial charge in [-0.15, -0.1) is 0 Å². The number of hydrogen-bond donors (Lipinski definition) is 3. The Morgan fingerprint density at radius 1 is 1.46 bits per heavy atom. The Kier molecular flexibility index (Phi) is 2.55. The first-order chi connectivity index (χ1) is 6.00. The van der Waals surface area contributed by atoms with Crippen LogP contribution < -0.4 is 5.69 Å². The van der Waals surface area contributed by atoms with Crippen LogP contribution in [0, 0.1) is 5.92 Å². The molecular weight excluding hydrogens is 172 g/mol. The molecule has 72 valence electrons. The second-order valence-electron chi connectivity index (χ2n) is 3.32. The molecule has 5 nitrogen and oxygen atoms in total. The Morgan fingerprint density at radius 3 is 2.46 bits per heavy atom. The molecule has 1 rings (SSSR count). The molecular formula is C8H12N2O3. The van der Waals surface area contributed by atoms with Gasteiger partial charge in [-0.2, -0.15) is 0 Å². The van der Waals surface area contributed by atoms with Crippen LogP contribution >= 0.6 is 0 Å². The fourth-order valence-corrected chi connectivity index (χ4v) is 1.05. The van der Waals surface area contributed by atoms with Crippen molar-refractivity contribution >= 4 is 5.78 Å². The minimum atomic E-state index is -0.565. The van der Waals surface area contributed by atoms with Crippen molar-refractivity contribution in [2.75, 3.05) is 0 Å². The van der Waals surface area contributed by atoms with Gasteiger partial charge in [0.1, 0.15) is 5.69 Å². The number of aromatic nitrogens is 2. The highest BCUT2D eigenvalue weighted by molar-refractivity contribution is 5.96. The topological polar surface area (TPSA) is 86.0 Å². The van der Waals surface area contributed by atoms with Gasteiger partial charge in [-0.1, -0.05) is 13.8 Å². The second kappa shape index (κ2) is 3.47. The summed E-state index contributed by atoms with van der Waals surface area (Å²) in [6.07, 6.45) is 0.307. The number of aromatic amines is 2. The number of H-pyrrole nitrogens is 2. The summed E-state index contributed by atoms with van der Waals surface area (Å²) in [5, 5.41) is 9.11. The maximum absolute atomic E-state index is 11.3. The molecule has 0 aliphatic carbocycles. The standard InChI is InChI=1S/C8H12N2O3/c1-4(2)3-5(11)6-7(12)10-8(13)9-6/h4,12H,3H2,1-2H3,(H2,9,10,13). The van der Waals surface area contributed by atoms with Crippen LogP contribution in [0.4, 0.5) is 0 Å². The van der Waals surface area contributed by atoms with E-state index < -0.39 is 5.69 Å². The fourth-order valence-electron chi connectivity index (χ4n) is 1.05. The molecule has 1 aromatic heterocycles. The van der Waals surface area contributed by atoms with E-state index in [0.717, 1.165) is 0 Å². The molecule has 5 heteroatoms. The number of ketones is 1. The molecule has 0 radical (unpaired) electrons. The summed E-state index contributed by atoms with van der Waals surface area (Å²) in [5.41, 5.74) is -0.594. The minimum absolute atomic E-state index is 0.0290. The molecule has 0 saturated carbocycles. The summed E-state index contributed by atoms with van der Waals surface area (Å²) < 4.78 is 0. The van der Waals surface area contributed by atoms with Gasteiger partial charge in [-0.25, -0.2) is 4.79 Å². The molecule has 0 bridgehead atoms.